The molecule has 1 aromatic carbocycles. The van der Waals surface area contributed by atoms with Gasteiger partial charge < -0.3 is 15.4 Å². The van der Waals surface area contributed by atoms with Crippen LogP contribution in [0.1, 0.15) is 30.0 Å². The minimum Gasteiger partial charge on any atom is -0.445 e. The molecule has 1 fully saturated rings. The first kappa shape index (κ1) is 14.8. The zero-order valence-electron chi connectivity index (χ0n) is 12.3. The fraction of sp³-hybridized carbons (Fsp3) is 0.375. The summed E-state index contributed by atoms with van der Waals surface area (Å²) in [6.45, 7) is 1.70. The second kappa shape index (κ2) is 6.79. The fourth-order valence-electron chi connectivity index (χ4n) is 2.68. The van der Waals surface area contributed by atoms with Crippen LogP contribution in [0.15, 0.2) is 35.7 Å². The topological polar surface area (TPSA) is 68.5 Å². The summed E-state index contributed by atoms with van der Waals surface area (Å²) >= 11 is 1.45. The molecule has 22 heavy (non-hydrogen) atoms. The number of thiazole rings is 1. The molecule has 2 N–H and O–H groups in total. The van der Waals surface area contributed by atoms with Crippen LogP contribution in [0, 0.1) is 0 Å². The molecular weight excluding hydrogens is 298 g/mol. The number of hydrogen-bond acceptors (Lipinski definition) is 5. The summed E-state index contributed by atoms with van der Waals surface area (Å²) in [4.78, 5) is 18.3. The van der Waals surface area contributed by atoms with Crippen molar-refractivity contribution in [1.29, 1.82) is 0 Å². The van der Waals surface area contributed by atoms with E-state index in [2.05, 4.69) is 4.98 Å². The molecule has 116 valence electrons. The lowest BCUT2D eigenvalue weighted by Crippen LogP contribution is -2.39. The van der Waals surface area contributed by atoms with Gasteiger partial charge in [-0.1, -0.05) is 30.3 Å². The molecule has 0 aliphatic carbocycles. The molecule has 1 amide bonds. The Morgan fingerprint density at radius 3 is 2.95 bits per heavy atom. The highest BCUT2D eigenvalue weighted by Crippen LogP contribution is 2.28. The number of carbonyl (C=O) groups excluding carboxylic acids is 1. The summed E-state index contributed by atoms with van der Waals surface area (Å²) in [5.41, 5.74) is 7.68. The number of anilines is 1. The van der Waals surface area contributed by atoms with E-state index >= 15 is 0 Å². The molecule has 0 bridgehead atoms. The van der Waals surface area contributed by atoms with Crippen molar-refractivity contribution in [2.75, 3.05) is 18.8 Å². The Kier molecular flexibility index (Phi) is 4.58. The van der Waals surface area contributed by atoms with Crippen LogP contribution in [0.4, 0.5) is 9.93 Å². The molecular formula is C16H19N3O2S. The Balaban J connectivity index is 1.56. The molecule has 0 spiro atoms. The first-order chi connectivity index (χ1) is 10.7. The summed E-state index contributed by atoms with van der Waals surface area (Å²) in [5, 5.41) is 2.57. The predicted octanol–water partition coefficient (Wildman–Crippen LogP) is 3.24. The fourth-order valence-corrected chi connectivity index (χ4v) is 3.33. The van der Waals surface area contributed by atoms with Crippen LogP contribution in [0.25, 0.3) is 0 Å². The average Bonchev–Trinajstić information content (AvgIpc) is 3.00. The zero-order chi connectivity index (χ0) is 15.4. The van der Waals surface area contributed by atoms with Gasteiger partial charge in [-0.15, -0.1) is 11.3 Å². The van der Waals surface area contributed by atoms with Crippen molar-refractivity contribution in [3.8, 4) is 0 Å². The van der Waals surface area contributed by atoms with Crippen molar-refractivity contribution < 1.29 is 9.53 Å². The highest BCUT2D eigenvalue weighted by Gasteiger charge is 2.27. The third-order valence-corrected chi connectivity index (χ3v) is 4.53. The number of aromatic nitrogens is 1. The number of ether oxygens (including phenoxy) is 1. The van der Waals surface area contributed by atoms with Crippen LogP contribution in [0.2, 0.25) is 0 Å². The molecule has 1 aromatic heterocycles. The SMILES string of the molecule is Nc1nc(C2CCCN(C(=O)OCc3ccccc3)C2)cs1. The number of amides is 1. The maximum absolute atomic E-state index is 12.2. The Bertz CT molecular complexity index is 629. The smallest absolute Gasteiger partial charge is 0.410 e. The van der Waals surface area contributed by atoms with E-state index < -0.39 is 0 Å². The average molecular weight is 317 g/mol. The van der Waals surface area contributed by atoms with Crippen molar-refractivity contribution in [1.82, 2.24) is 9.88 Å². The zero-order valence-corrected chi connectivity index (χ0v) is 13.1. The van der Waals surface area contributed by atoms with Crippen LogP contribution in [-0.4, -0.2) is 29.1 Å². The van der Waals surface area contributed by atoms with E-state index in [0.29, 0.717) is 18.3 Å². The van der Waals surface area contributed by atoms with Gasteiger partial charge in [0.2, 0.25) is 0 Å². The lowest BCUT2D eigenvalue weighted by Gasteiger charge is -2.31. The molecule has 1 aliphatic heterocycles. The molecule has 2 aromatic rings. The third kappa shape index (κ3) is 3.57. The number of likely N-dealkylation sites (tertiary alicyclic amines) is 1. The summed E-state index contributed by atoms with van der Waals surface area (Å²) in [5.74, 6) is 0.256. The van der Waals surface area contributed by atoms with Gasteiger partial charge in [-0.2, -0.15) is 0 Å². The van der Waals surface area contributed by atoms with E-state index in [0.717, 1.165) is 30.6 Å². The number of nitrogen functional groups attached to an aromatic ring is 1. The molecule has 1 unspecified atom stereocenters. The molecule has 0 radical (unpaired) electrons. The van der Waals surface area contributed by atoms with Crippen molar-refractivity contribution in [2.24, 2.45) is 0 Å². The number of carbonyl (C=O) groups is 1. The van der Waals surface area contributed by atoms with Gasteiger partial charge in [0, 0.05) is 24.4 Å². The quantitative estimate of drug-likeness (QED) is 0.943. The molecule has 6 heteroatoms. The molecule has 1 aliphatic rings. The Morgan fingerprint density at radius 2 is 2.23 bits per heavy atom. The predicted molar refractivity (Wildman–Crippen MR) is 86.7 cm³/mol. The van der Waals surface area contributed by atoms with Gasteiger partial charge in [-0.25, -0.2) is 9.78 Å². The molecule has 1 atom stereocenters. The molecule has 0 saturated carbocycles. The largest absolute Gasteiger partial charge is 0.445 e. The van der Waals surface area contributed by atoms with E-state index in [4.69, 9.17) is 10.5 Å². The van der Waals surface area contributed by atoms with Crippen LogP contribution in [0.3, 0.4) is 0 Å². The number of hydrogen-bond donors (Lipinski definition) is 1. The van der Waals surface area contributed by atoms with Crippen LogP contribution < -0.4 is 5.73 Å². The standard InChI is InChI=1S/C16H19N3O2S/c17-15-18-14(11-22-15)13-7-4-8-19(9-13)16(20)21-10-12-5-2-1-3-6-12/h1-3,5-6,11,13H,4,7-10H2,(H2,17,18). The highest BCUT2D eigenvalue weighted by atomic mass is 32.1. The van der Waals surface area contributed by atoms with E-state index in [1.165, 1.54) is 11.3 Å². The first-order valence-corrected chi connectivity index (χ1v) is 8.27. The van der Waals surface area contributed by atoms with Gasteiger partial charge in [0.1, 0.15) is 6.61 Å². The van der Waals surface area contributed by atoms with Crippen molar-refractivity contribution in [3.63, 3.8) is 0 Å². The van der Waals surface area contributed by atoms with Gasteiger partial charge in [0.15, 0.2) is 5.13 Å². The number of benzene rings is 1. The van der Waals surface area contributed by atoms with E-state index in [1.807, 2.05) is 35.7 Å². The van der Waals surface area contributed by atoms with Crippen molar-refractivity contribution in [3.05, 3.63) is 47.0 Å². The molecule has 2 heterocycles. The Labute approximate surface area is 133 Å². The number of nitrogens with two attached hydrogens (primary N) is 1. The van der Waals surface area contributed by atoms with Gasteiger partial charge in [-0.3, -0.25) is 0 Å². The van der Waals surface area contributed by atoms with Gasteiger partial charge in [0.25, 0.3) is 0 Å². The second-order valence-corrected chi connectivity index (χ2v) is 6.33. The lowest BCUT2D eigenvalue weighted by atomic mass is 9.96. The molecule has 3 rings (SSSR count). The normalized spacial score (nSPS) is 18.2. The number of piperidine rings is 1. The van der Waals surface area contributed by atoms with E-state index in [-0.39, 0.29) is 12.0 Å². The van der Waals surface area contributed by atoms with Crippen LogP contribution >= 0.6 is 11.3 Å². The minimum absolute atomic E-state index is 0.253. The van der Waals surface area contributed by atoms with Crippen molar-refractivity contribution in [2.45, 2.75) is 25.4 Å². The summed E-state index contributed by atoms with van der Waals surface area (Å²) in [6.07, 6.45) is 1.74. The number of rotatable bonds is 3. The summed E-state index contributed by atoms with van der Waals surface area (Å²) in [7, 11) is 0. The van der Waals surface area contributed by atoms with Crippen LogP contribution in [-0.2, 0) is 11.3 Å². The third-order valence-electron chi connectivity index (χ3n) is 3.84. The number of nitrogens with zero attached hydrogens (tertiary/aromatic N) is 2. The lowest BCUT2D eigenvalue weighted by molar-refractivity contribution is 0.0856. The van der Waals surface area contributed by atoms with Crippen LogP contribution in [0.5, 0.6) is 0 Å². The molecule has 5 nitrogen and oxygen atoms in total. The molecule has 1 saturated heterocycles. The Morgan fingerprint density at radius 1 is 1.41 bits per heavy atom. The summed E-state index contributed by atoms with van der Waals surface area (Å²) < 4.78 is 5.40. The maximum atomic E-state index is 12.2. The highest BCUT2D eigenvalue weighted by molar-refractivity contribution is 7.13. The van der Waals surface area contributed by atoms with Gasteiger partial charge in [0.05, 0.1) is 5.69 Å². The summed E-state index contributed by atoms with van der Waals surface area (Å²) in [6, 6.07) is 9.72. The minimum atomic E-state index is -0.253. The van der Waals surface area contributed by atoms with E-state index in [1.54, 1.807) is 4.90 Å². The van der Waals surface area contributed by atoms with Crippen molar-refractivity contribution >= 4 is 22.6 Å². The first-order valence-electron chi connectivity index (χ1n) is 7.39. The Hall–Kier alpha value is -2.08. The maximum Gasteiger partial charge on any atom is 0.410 e. The van der Waals surface area contributed by atoms with Gasteiger partial charge >= 0.3 is 6.09 Å². The van der Waals surface area contributed by atoms with Gasteiger partial charge in [-0.05, 0) is 18.4 Å². The monoisotopic (exact) mass is 317 g/mol. The second-order valence-electron chi connectivity index (χ2n) is 5.44. The van der Waals surface area contributed by atoms with E-state index in [9.17, 15) is 4.79 Å².